The van der Waals surface area contributed by atoms with Crippen molar-refractivity contribution < 1.29 is 9.53 Å². The number of hydrogen-bond acceptors (Lipinski definition) is 4. The fraction of sp³-hybridized carbons (Fsp3) is 0.421. The van der Waals surface area contributed by atoms with E-state index in [1.54, 1.807) is 6.07 Å². The minimum atomic E-state index is 0.0671. The molecule has 3 rings (SSSR count). The summed E-state index contributed by atoms with van der Waals surface area (Å²) in [6.45, 7) is 2.54. The van der Waals surface area contributed by atoms with E-state index in [9.17, 15) is 4.79 Å². The number of amides is 1. The zero-order valence-electron chi connectivity index (χ0n) is 14.0. The monoisotopic (exact) mass is 325 g/mol. The average Bonchev–Trinajstić information content (AvgIpc) is 2.63. The van der Waals surface area contributed by atoms with Gasteiger partial charge in [0.2, 0.25) is 5.91 Å². The van der Waals surface area contributed by atoms with Gasteiger partial charge in [-0.15, -0.1) is 0 Å². The maximum Gasteiger partial charge on any atom is 0.228 e. The number of anilines is 1. The number of aromatic nitrogens is 2. The predicted octanol–water partition coefficient (Wildman–Crippen LogP) is 4.06. The summed E-state index contributed by atoms with van der Waals surface area (Å²) in [5, 5.41) is 2.94. The van der Waals surface area contributed by atoms with Gasteiger partial charge in [-0.3, -0.25) is 4.79 Å². The van der Waals surface area contributed by atoms with Gasteiger partial charge in [0.15, 0.2) is 0 Å². The summed E-state index contributed by atoms with van der Waals surface area (Å²) >= 11 is 0. The lowest BCUT2D eigenvalue weighted by Crippen LogP contribution is -2.25. The summed E-state index contributed by atoms with van der Waals surface area (Å²) in [6, 6.07) is 9.56. The molecule has 1 N–H and O–H groups in total. The van der Waals surface area contributed by atoms with Crippen LogP contribution in [0.5, 0.6) is 5.75 Å². The van der Waals surface area contributed by atoms with E-state index >= 15 is 0 Å². The minimum absolute atomic E-state index is 0.0671. The SMILES string of the molecule is CCOc1ccccc1-c1cc(NC(=O)C2CCCCC2)ncn1. The molecule has 0 spiro atoms. The van der Waals surface area contributed by atoms with Gasteiger partial charge < -0.3 is 10.1 Å². The van der Waals surface area contributed by atoms with Crippen LogP contribution in [0.1, 0.15) is 39.0 Å². The van der Waals surface area contributed by atoms with E-state index in [-0.39, 0.29) is 11.8 Å². The van der Waals surface area contributed by atoms with Crippen LogP contribution in [0, 0.1) is 5.92 Å². The smallest absolute Gasteiger partial charge is 0.228 e. The number of nitrogens with one attached hydrogen (secondary N) is 1. The lowest BCUT2D eigenvalue weighted by Gasteiger charge is -2.20. The van der Waals surface area contributed by atoms with Crippen LogP contribution < -0.4 is 10.1 Å². The second-order valence-electron chi connectivity index (χ2n) is 6.04. The number of benzene rings is 1. The van der Waals surface area contributed by atoms with Crippen LogP contribution in [0.25, 0.3) is 11.3 Å². The third-order valence-corrected chi connectivity index (χ3v) is 4.36. The molecule has 1 amide bonds. The zero-order valence-corrected chi connectivity index (χ0v) is 14.0. The highest BCUT2D eigenvalue weighted by atomic mass is 16.5. The molecule has 0 unspecified atom stereocenters. The Balaban J connectivity index is 1.78. The summed E-state index contributed by atoms with van der Waals surface area (Å²) in [5.74, 6) is 1.50. The lowest BCUT2D eigenvalue weighted by atomic mass is 9.89. The molecular formula is C19H23N3O2. The molecule has 1 aliphatic rings. The van der Waals surface area contributed by atoms with Gasteiger partial charge in [-0.1, -0.05) is 31.4 Å². The van der Waals surface area contributed by atoms with Gasteiger partial charge >= 0.3 is 0 Å². The molecule has 5 heteroatoms. The van der Waals surface area contributed by atoms with E-state index in [0.717, 1.165) is 42.7 Å². The fourth-order valence-electron chi connectivity index (χ4n) is 3.13. The fourth-order valence-corrected chi connectivity index (χ4v) is 3.13. The van der Waals surface area contributed by atoms with Crippen LogP contribution >= 0.6 is 0 Å². The van der Waals surface area contributed by atoms with Gasteiger partial charge in [0.25, 0.3) is 0 Å². The summed E-state index contributed by atoms with van der Waals surface area (Å²) < 4.78 is 5.66. The Kier molecular flexibility index (Phi) is 5.41. The van der Waals surface area contributed by atoms with Crippen LogP contribution in [-0.2, 0) is 4.79 Å². The molecule has 0 saturated heterocycles. The van der Waals surface area contributed by atoms with Gasteiger partial charge in [0.1, 0.15) is 17.9 Å². The molecule has 126 valence electrons. The first-order valence-electron chi connectivity index (χ1n) is 8.63. The third kappa shape index (κ3) is 3.91. The van der Waals surface area contributed by atoms with Gasteiger partial charge in [0.05, 0.1) is 12.3 Å². The predicted molar refractivity (Wildman–Crippen MR) is 93.8 cm³/mol. The quantitative estimate of drug-likeness (QED) is 0.900. The van der Waals surface area contributed by atoms with Crippen LogP contribution in [0.3, 0.4) is 0 Å². The van der Waals surface area contributed by atoms with Crippen molar-refractivity contribution in [1.29, 1.82) is 0 Å². The van der Waals surface area contributed by atoms with E-state index in [4.69, 9.17) is 4.74 Å². The summed E-state index contributed by atoms with van der Waals surface area (Å²) in [6.07, 6.45) is 6.92. The van der Waals surface area contributed by atoms with Crippen molar-refractivity contribution in [2.45, 2.75) is 39.0 Å². The summed E-state index contributed by atoms with van der Waals surface area (Å²) in [4.78, 5) is 20.9. The highest BCUT2D eigenvalue weighted by molar-refractivity contribution is 5.92. The molecule has 0 radical (unpaired) electrons. The molecule has 0 bridgehead atoms. The Bertz CT molecular complexity index is 697. The Morgan fingerprint density at radius 2 is 2.00 bits per heavy atom. The Labute approximate surface area is 142 Å². The van der Waals surface area contributed by atoms with Crippen molar-refractivity contribution in [2.75, 3.05) is 11.9 Å². The van der Waals surface area contributed by atoms with Gasteiger partial charge in [-0.05, 0) is 31.9 Å². The van der Waals surface area contributed by atoms with Crippen molar-refractivity contribution in [1.82, 2.24) is 9.97 Å². The largest absolute Gasteiger partial charge is 0.493 e. The van der Waals surface area contributed by atoms with Gasteiger partial charge in [-0.25, -0.2) is 9.97 Å². The average molecular weight is 325 g/mol. The van der Waals surface area contributed by atoms with E-state index in [1.165, 1.54) is 12.7 Å². The van der Waals surface area contributed by atoms with Gasteiger partial charge in [-0.2, -0.15) is 0 Å². The highest BCUT2D eigenvalue weighted by Gasteiger charge is 2.21. The van der Waals surface area contributed by atoms with E-state index in [2.05, 4.69) is 15.3 Å². The molecule has 24 heavy (non-hydrogen) atoms. The Morgan fingerprint density at radius 1 is 1.21 bits per heavy atom. The topological polar surface area (TPSA) is 64.1 Å². The molecule has 0 atom stereocenters. The lowest BCUT2D eigenvalue weighted by molar-refractivity contribution is -0.120. The molecule has 1 aliphatic carbocycles. The van der Waals surface area contributed by atoms with Crippen LogP contribution in [0.2, 0.25) is 0 Å². The second-order valence-corrected chi connectivity index (χ2v) is 6.04. The Morgan fingerprint density at radius 3 is 2.79 bits per heavy atom. The number of rotatable bonds is 5. The second kappa shape index (κ2) is 7.90. The maximum atomic E-state index is 12.4. The van der Waals surface area contributed by atoms with Crippen molar-refractivity contribution in [3.63, 3.8) is 0 Å². The van der Waals surface area contributed by atoms with Crippen molar-refractivity contribution in [3.05, 3.63) is 36.7 Å². The number of para-hydroxylation sites is 1. The van der Waals surface area contributed by atoms with E-state index in [0.29, 0.717) is 12.4 Å². The van der Waals surface area contributed by atoms with Crippen molar-refractivity contribution in [2.24, 2.45) is 5.92 Å². The first-order valence-corrected chi connectivity index (χ1v) is 8.63. The molecule has 5 nitrogen and oxygen atoms in total. The third-order valence-electron chi connectivity index (χ3n) is 4.36. The number of carbonyl (C=O) groups is 1. The Hall–Kier alpha value is -2.43. The molecule has 1 heterocycles. The normalized spacial score (nSPS) is 15.0. The maximum absolute atomic E-state index is 12.4. The van der Waals surface area contributed by atoms with Crippen molar-refractivity contribution >= 4 is 11.7 Å². The van der Waals surface area contributed by atoms with Gasteiger partial charge in [0, 0.05) is 17.5 Å². The van der Waals surface area contributed by atoms with E-state index < -0.39 is 0 Å². The number of ether oxygens (including phenoxy) is 1. The molecule has 0 aliphatic heterocycles. The summed E-state index contributed by atoms with van der Waals surface area (Å²) in [7, 11) is 0. The molecular weight excluding hydrogens is 302 g/mol. The van der Waals surface area contributed by atoms with E-state index in [1.807, 2.05) is 31.2 Å². The number of carbonyl (C=O) groups excluding carboxylic acids is 1. The molecule has 2 aromatic rings. The first-order chi connectivity index (χ1) is 11.8. The molecule has 1 aromatic heterocycles. The van der Waals surface area contributed by atoms with Crippen LogP contribution in [-0.4, -0.2) is 22.5 Å². The molecule has 1 saturated carbocycles. The first kappa shape index (κ1) is 16.4. The molecule has 1 aromatic carbocycles. The molecule has 1 fully saturated rings. The zero-order chi connectivity index (χ0) is 16.8. The van der Waals surface area contributed by atoms with Crippen LogP contribution in [0.4, 0.5) is 5.82 Å². The number of nitrogens with zero attached hydrogens (tertiary/aromatic N) is 2. The van der Waals surface area contributed by atoms with Crippen molar-refractivity contribution in [3.8, 4) is 17.0 Å². The number of hydrogen-bond donors (Lipinski definition) is 1. The minimum Gasteiger partial charge on any atom is -0.493 e. The highest BCUT2D eigenvalue weighted by Crippen LogP contribution is 2.29. The summed E-state index contributed by atoms with van der Waals surface area (Å²) in [5.41, 5.74) is 1.64. The standard InChI is InChI=1S/C19H23N3O2/c1-2-24-17-11-7-6-10-15(17)16-12-18(21-13-20-16)22-19(23)14-8-4-3-5-9-14/h6-7,10-14H,2-5,8-9H2,1H3,(H,20,21,22,23). The van der Waals surface area contributed by atoms with Crippen LogP contribution in [0.15, 0.2) is 36.7 Å².